The monoisotopic (exact) mass is 364 g/mol. The SMILES string of the molecule is CCCNC(=O)c1c(NC(=O)c2ccccc2Br)cnn1C. The third-order valence-corrected chi connectivity index (χ3v) is 3.75. The van der Waals surface area contributed by atoms with Gasteiger partial charge in [-0.2, -0.15) is 5.10 Å². The molecule has 0 unspecified atom stereocenters. The number of aryl methyl sites for hydroxylation is 1. The van der Waals surface area contributed by atoms with Gasteiger partial charge in [-0.05, 0) is 34.5 Å². The van der Waals surface area contributed by atoms with Crippen LogP contribution in [-0.4, -0.2) is 28.1 Å². The van der Waals surface area contributed by atoms with Crippen molar-refractivity contribution in [3.8, 4) is 0 Å². The summed E-state index contributed by atoms with van der Waals surface area (Å²) in [6, 6.07) is 7.09. The Morgan fingerprint density at radius 3 is 2.68 bits per heavy atom. The van der Waals surface area contributed by atoms with Gasteiger partial charge in [-0.25, -0.2) is 0 Å². The van der Waals surface area contributed by atoms with E-state index >= 15 is 0 Å². The van der Waals surface area contributed by atoms with E-state index in [0.717, 1.165) is 6.42 Å². The lowest BCUT2D eigenvalue weighted by molar-refractivity contribution is 0.0945. The number of hydrogen-bond acceptors (Lipinski definition) is 3. The summed E-state index contributed by atoms with van der Waals surface area (Å²) in [6.07, 6.45) is 2.30. The van der Waals surface area contributed by atoms with Crippen molar-refractivity contribution in [1.29, 1.82) is 0 Å². The molecule has 0 saturated heterocycles. The normalized spacial score (nSPS) is 10.3. The van der Waals surface area contributed by atoms with Crippen LogP contribution in [0.3, 0.4) is 0 Å². The van der Waals surface area contributed by atoms with E-state index in [1.54, 1.807) is 25.2 Å². The summed E-state index contributed by atoms with van der Waals surface area (Å²) in [6.45, 7) is 2.54. The summed E-state index contributed by atoms with van der Waals surface area (Å²) in [4.78, 5) is 24.5. The van der Waals surface area contributed by atoms with Crippen molar-refractivity contribution >= 4 is 33.4 Å². The van der Waals surface area contributed by atoms with E-state index in [0.29, 0.717) is 28.0 Å². The minimum Gasteiger partial charge on any atom is -0.351 e. The number of aromatic nitrogens is 2. The number of anilines is 1. The molecule has 0 fully saturated rings. The molecule has 0 aliphatic rings. The van der Waals surface area contributed by atoms with Crippen molar-refractivity contribution in [2.75, 3.05) is 11.9 Å². The fraction of sp³-hybridized carbons (Fsp3) is 0.267. The fourth-order valence-corrected chi connectivity index (χ4v) is 2.42. The lowest BCUT2D eigenvalue weighted by Gasteiger charge is -2.09. The molecule has 1 heterocycles. The quantitative estimate of drug-likeness (QED) is 0.855. The maximum Gasteiger partial charge on any atom is 0.271 e. The van der Waals surface area contributed by atoms with Gasteiger partial charge in [0.25, 0.3) is 11.8 Å². The second kappa shape index (κ2) is 7.22. The molecule has 7 heteroatoms. The fourth-order valence-electron chi connectivity index (χ4n) is 1.96. The average Bonchev–Trinajstić information content (AvgIpc) is 2.86. The van der Waals surface area contributed by atoms with E-state index in [-0.39, 0.29) is 11.8 Å². The molecule has 2 amide bonds. The number of rotatable bonds is 5. The molecule has 0 spiro atoms. The molecular formula is C15H17BrN4O2. The molecular weight excluding hydrogens is 348 g/mol. The van der Waals surface area contributed by atoms with Gasteiger partial charge in [0.15, 0.2) is 0 Å². The van der Waals surface area contributed by atoms with E-state index in [2.05, 4.69) is 31.7 Å². The summed E-state index contributed by atoms with van der Waals surface area (Å²) >= 11 is 3.34. The van der Waals surface area contributed by atoms with E-state index in [1.807, 2.05) is 13.0 Å². The smallest absolute Gasteiger partial charge is 0.271 e. The molecule has 0 atom stereocenters. The van der Waals surface area contributed by atoms with Gasteiger partial charge in [0.05, 0.1) is 17.4 Å². The highest BCUT2D eigenvalue weighted by molar-refractivity contribution is 9.10. The van der Waals surface area contributed by atoms with Crippen LogP contribution < -0.4 is 10.6 Å². The van der Waals surface area contributed by atoms with E-state index in [9.17, 15) is 9.59 Å². The van der Waals surface area contributed by atoms with Crippen LogP contribution in [0.1, 0.15) is 34.2 Å². The van der Waals surface area contributed by atoms with Crippen molar-refractivity contribution in [2.45, 2.75) is 13.3 Å². The largest absolute Gasteiger partial charge is 0.351 e. The summed E-state index contributed by atoms with van der Waals surface area (Å²) in [5, 5.41) is 9.56. The average molecular weight is 365 g/mol. The number of carbonyl (C=O) groups is 2. The zero-order valence-corrected chi connectivity index (χ0v) is 14.0. The number of nitrogens with zero attached hydrogens (tertiary/aromatic N) is 2. The molecule has 0 aliphatic heterocycles. The van der Waals surface area contributed by atoms with Crippen LogP contribution in [0.4, 0.5) is 5.69 Å². The number of carbonyl (C=O) groups excluding carboxylic acids is 2. The Labute approximate surface area is 137 Å². The van der Waals surface area contributed by atoms with Crippen LogP contribution in [0, 0.1) is 0 Å². The van der Waals surface area contributed by atoms with Crippen molar-refractivity contribution in [3.63, 3.8) is 0 Å². The predicted octanol–water partition coefficient (Wildman–Crippen LogP) is 2.57. The van der Waals surface area contributed by atoms with Crippen molar-refractivity contribution in [3.05, 3.63) is 46.2 Å². The molecule has 1 aromatic carbocycles. The van der Waals surface area contributed by atoms with Crippen LogP contribution in [0.5, 0.6) is 0 Å². The van der Waals surface area contributed by atoms with Crippen LogP contribution in [-0.2, 0) is 7.05 Å². The number of benzene rings is 1. The third kappa shape index (κ3) is 3.54. The summed E-state index contributed by atoms with van der Waals surface area (Å²) < 4.78 is 2.13. The van der Waals surface area contributed by atoms with Gasteiger partial charge in [-0.3, -0.25) is 14.3 Å². The van der Waals surface area contributed by atoms with Gasteiger partial charge in [0, 0.05) is 18.1 Å². The Hall–Kier alpha value is -2.15. The maximum atomic E-state index is 12.3. The lowest BCUT2D eigenvalue weighted by atomic mass is 10.2. The topological polar surface area (TPSA) is 76.0 Å². The van der Waals surface area contributed by atoms with Crippen molar-refractivity contribution in [2.24, 2.45) is 7.05 Å². The van der Waals surface area contributed by atoms with E-state index < -0.39 is 0 Å². The first-order chi connectivity index (χ1) is 10.5. The number of halogens is 1. The van der Waals surface area contributed by atoms with Crippen LogP contribution in [0.15, 0.2) is 34.9 Å². The maximum absolute atomic E-state index is 12.3. The number of hydrogen-bond donors (Lipinski definition) is 2. The molecule has 0 radical (unpaired) electrons. The Morgan fingerprint density at radius 2 is 2.00 bits per heavy atom. The summed E-state index contributed by atoms with van der Waals surface area (Å²) in [5.41, 5.74) is 1.21. The molecule has 0 aliphatic carbocycles. The van der Waals surface area contributed by atoms with E-state index in [1.165, 1.54) is 10.9 Å². The molecule has 116 valence electrons. The molecule has 0 saturated carbocycles. The molecule has 6 nitrogen and oxygen atoms in total. The zero-order valence-electron chi connectivity index (χ0n) is 12.4. The third-order valence-electron chi connectivity index (χ3n) is 3.06. The Kier molecular flexibility index (Phi) is 5.32. The summed E-state index contributed by atoms with van der Waals surface area (Å²) in [5.74, 6) is -0.561. The highest BCUT2D eigenvalue weighted by Crippen LogP contribution is 2.19. The molecule has 2 rings (SSSR count). The predicted molar refractivity (Wildman–Crippen MR) is 87.9 cm³/mol. The lowest BCUT2D eigenvalue weighted by Crippen LogP contribution is -2.27. The highest BCUT2D eigenvalue weighted by Gasteiger charge is 2.19. The molecule has 1 aromatic heterocycles. The first-order valence-corrected chi connectivity index (χ1v) is 7.70. The minimum atomic E-state index is -0.301. The molecule has 0 bridgehead atoms. The second-order valence-corrected chi connectivity index (χ2v) is 5.57. The van der Waals surface area contributed by atoms with Crippen molar-refractivity contribution < 1.29 is 9.59 Å². The zero-order chi connectivity index (χ0) is 16.1. The van der Waals surface area contributed by atoms with Gasteiger partial charge in [0.2, 0.25) is 0 Å². The molecule has 22 heavy (non-hydrogen) atoms. The van der Waals surface area contributed by atoms with Gasteiger partial charge in [-0.15, -0.1) is 0 Å². The Balaban J connectivity index is 2.22. The standard InChI is InChI=1S/C15H17BrN4O2/c1-3-8-17-15(22)13-12(9-18-20(13)2)19-14(21)10-6-4-5-7-11(10)16/h4-7,9H,3,8H2,1-2H3,(H,17,22)(H,19,21). The molecule has 2 N–H and O–H groups in total. The number of nitrogens with one attached hydrogen (secondary N) is 2. The van der Waals surface area contributed by atoms with Crippen LogP contribution in [0.25, 0.3) is 0 Å². The van der Waals surface area contributed by atoms with Gasteiger partial charge >= 0.3 is 0 Å². The van der Waals surface area contributed by atoms with Crippen LogP contribution >= 0.6 is 15.9 Å². The van der Waals surface area contributed by atoms with Gasteiger partial charge in [-0.1, -0.05) is 19.1 Å². The number of amides is 2. The van der Waals surface area contributed by atoms with Crippen molar-refractivity contribution in [1.82, 2.24) is 15.1 Å². The molecule has 2 aromatic rings. The Bertz CT molecular complexity index is 697. The minimum absolute atomic E-state index is 0.260. The first kappa shape index (κ1) is 16.2. The summed E-state index contributed by atoms with van der Waals surface area (Å²) in [7, 11) is 1.66. The first-order valence-electron chi connectivity index (χ1n) is 6.90. The van der Waals surface area contributed by atoms with Gasteiger partial charge < -0.3 is 10.6 Å². The van der Waals surface area contributed by atoms with Crippen LogP contribution in [0.2, 0.25) is 0 Å². The van der Waals surface area contributed by atoms with E-state index in [4.69, 9.17) is 0 Å². The Morgan fingerprint density at radius 1 is 1.27 bits per heavy atom. The highest BCUT2D eigenvalue weighted by atomic mass is 79.9. The van der Waals surface area contributed by atoms with Gasteiger partial charge in [0.1, 0.15) is 5.69 Å². The second-order valence-electron chi connectivity index (χ2n) is 4.72.